The molecule has 3 aromatic rings. The Bertz CT molecular complexity index is 1290. The van der Waals surface area contributed by atoms with E-state index in [1.165, 1.54) is 6.07 Å². The van der Waals surface area contributed by atoms with Crippen LogP contribution in [0.4, 0.5) is 9.93 Å². The minimum atomic E-state index is -3.41. The van der Waals surface area contributed by atoms with Crippen LogP contribution < -0.4 is 16.0 Å². The Balaban J connectivity index is 1.41. The molecule has 1 saturated heterocycles. The van der Waals surface area contributed by atoms with Crippen LogP contribution >= 0.6 is 22.9 Å². The SMILES string of the molecule is O=C(NC(=O)c1ccccc1Cl)Nc1nc2ccc(S(=O)(=O)CCC3CCNCC3)cc2s1. The van der Waals surface area contributed by atoms with Gasteiger partial charge in [-0.2, -0.15) is 0 Å². The zero-order valence-corrected chi connectivity index (χ0v) is 20.0. The van der Waals surface area contributed by atoms with E-state index in [1.807, 2.05) is 0 Å². The first-order chi connectivity index (χ1) is 15.8. The quantitative estimate of drug-likeness (QED) is 0.464. The summed E-state index contributed by atoms with van der Waals surface area (Å²) in [5, 5.41) is 8.49. The summed E-state index contributed by atoms with van der Waals surface area (Å²) in [5.41, 5.74) is 0.739. The second-order valence-corrected chi connectivity index (χ2v) is 11.4. The Morgan fingerprint density at radius 3 is 2.67 bits per heavy atom. The number of halogens is 1. The fourth-order valence-corrected chi connectivity index (χ4v) is 6.35. The van der Waals surface area contributed by atoms with E-state index < -0.39 is 21.8 Å². The number of aromatic nitrogens is 1. The first-order valence-corrected chi connectivity index (χ1v) is 13.4. The molecule has 2 aromatic carbocycles. The van der Waals surface area contributed by atoms with Gasteiger partial charge >= 0.3 is 6.03 Å². The number of carbonyl (C=O) groups excluding carboxylic acids is 2. The van der Waals surface area contributed by atoms with Crippen molar-refractivity contribution in [1.29, 1.82) is 0 Å². The average molecular weight is 507 g/mol. The minimum absolute atomic E-state index is 0.111. The number of hydrogen-bond acceptors (Lipinski definition) is 7. The van der Waals surface area contributed by atoms with Crippen LogP contribution in [0.3, 0.4) is 0 Å². The second kappa shape index (κ2) is 10.2. The van der Waals surface area contributed by atoms with Gasteiger partial charge < -0.3 is 5.32 Å². The van der Waals surface area contributed by atoms with Crippen molar-refractivity contribution in [3.63, 3.8) is 0 Å². The van der Waals surface area contributed by atoms with E-state index in [0.29, 0.717) is 22.6 Å². The van der Waals surface area contributed by atoms with E-state index in [9.17, 15) is 18.0 Å². The van der Waals surface area contributed by atoms with Crippen molar-refractivity contribution in [2.75, 3.05) is 24.2 Å². The van der Waals surface area contributed by atoms with Crippen molar-refractivity contribution < 1.29 is 18.0 Å². The molecule has 0 aliphatic carbocycles. The molecule has 0 saturated carbocycles. The predicted octanol–water partition coefficient (Wildman–Crippen LogP) is 4.08. The number of nitrogens with zero attached hydrogens (tertiary/aromatic N) is 1. The molecular weight excluding hydrogens is 484 g/mol. The van der Waals surface area contributed by atoms with Gasteiger partial charge in [0, 0.05) is 0 Å². The maximum atomic E-state index is 12.8. The number of benzene rings is 2. The Hall–Kier alpha value is -2.53. The third kappa shape index (κ3) is 5.89. The summed E-state index contributed by atoms with van der Waals surface area (Å²) >= 11 is 7.11. The Kier molecular flexibility index (Phi) is 7.28. The smallest absolute Gasteiger partial charge is 0.317 e. The second-order valence-electron chi connectivity index (χ2n) is 7.84. The number of rotatable bonds is 6. The number of hydrogen-bond donors (Lipinski definition) is 3. The summed E-state index contributed by atoms with van der Waals surface area (Å²) in [6.45, 7) is 1.87. The molecule has 1 aromatic heterocycles. The van der Waals surface area contributed by atoms with Gasteiger partial charge in [-0.1, -0.05) is 35.1 Å². The van der Waals surface area contributed by atoms with Gasteiger partial charge in [0.15, 0.2) is 15.0 Å². The van der Waals surface area contributed by atoms with Crippen LogP contribution in [0.2, 0.25) is 5.02 Å². The van der Waals surface area contributed by atoms with Gasteiger partial charge in [-0.25, -0.2) is 18.2 Å². The number of carbonyl (C=O) groups is 2. The van der Waals surface area contributed by atoms with Crippen LogP contribution in [-0.2, 0) is 9.84 Å². The van der Waals surface area contributed by atoms with Crippen molar-refractivity contribution in [3.8, 4) is 0 Å². The van der Waals surface area contributed by atoms with Gasteiger partial charge in [0.1, 0.15) is 0 Å². The van der Waals surface area contributed by atoms with Crippen molar-refractivity contribution in [1.82, 2.24) is 15.6 Å². The molecule has 0 unspecified atom stereocenters. The van der Waals surface area contributed by atoms with Gasteiger partial charge in [0.05, 0.1) is 31.5 Å². The number of piperidine rings is 1. The Morgan fingerprint density at radius 2 is 1.91 bits per heavy atom. The Labute approximate surface area is 200 Å². The van der Waals surface area contributed by atoms with Crippen molar-refractivity contribution in [3.05, 3.63) is 53.1 Å². The lowest BCUT2D eigenvalue weighted by Gasteiger charge is -2.22. The number of thiazole rings is 1. The van der Waals surface area contributed by atoms with Crippen LogP contribution in [-0.4, -0.2) is 44.2 Å². The first kappa shape index (κ1) is 23.6. The number of imide groups is 1. The molecule has 4 rings (SSSR count). The van der Waals surface area contributed by atoms with Crippen molar-refractivity contribution in [2.45, 2.75) is 24.2 Å². The molecule has 0 bridgehead atoms. The fraction of sp³-hybridized carbons (Fsp3) is 0.318. The highest BCUT2D eigenvalue weighted by molar-refractivity contribution is 7.91. The van der Waals surface area contributed by atoms with Gasteiger partial charge in [-0.3, -0.25) is 15.4 Å². The molecule has 2 heterocycles. The average Bonchev–Trinajstić information content (AvgIpc) is 3.20. The number of sulfone groups is 1. The highest BCUT2D eigenvalue weighted by Gasteiger charge is 2.21. The lowest BCUT2D eigenvalue weighted by molar-refractivity contribution is 0.0967. The van der Waals surface area contributed by atoms with Crippen LogP contribution in [0.25, 0.3) is 10.2 Å². The molecule has 3 amide bonds. The summed E-state index contributed by atoms with van der Waals surface area (Å²) in [7, 11) is -3.41. The molecule has 0 atom stereocenters. The fourth-order valence-electron chi connectivity index (χ4n) is 3.71. The van der Waals surface area contributed by atoms with Crippen LogP contribution in [0, 0.1) is 5.92 Å². The van der Waals surface area contributed by atoms with Gasteiger partial charge in [0.25, 0.3) is 5.91 Å². The van der Waals surface area contributed by atoms with Gasteiger partial charge in [0.2, 0.25) is 0 Å². The third-order valence-electron chi connectivity index (χ3n) is 5.54. The van der Waals surface area contributed by atoms with E-state index in [2.05, 4.69) is 20.9 Å². The van der Waals surface area contributed by atoms with Crippen LogP contribution in [0.1, 0.15) is 29.6 Å². The molecule has 0 radical (unpaired) electrons. The number of nitrogens with one attached hydrogen (secondary N) is 3. The number of fused-ring (bicyclic) bond motifs is 1. The highest BCUT2D eigenvalue weighted by atomic mass is 35.5. The van der Waals surface area contributed by atoms with E-state index in [0.717, 1.165) is 37.3 Å². The molecule has 11 heteroatoms. The minimum Gasteiger partial charge on any atom is -0.317 e. The zero-order chi connectivity index (χ0) is 23.4. The van der Waals surface area contributed by atoms with E-state index in [4.69, 9.17) is 11.6 Å². The molecule has 3 N–H and O–H groups in total. The molecule has 174 valence electrons. The highest BCUT2D eigenvalue weighted by Crippen LogP contribution is 2.29. The largest absolute Gasteiger partial charge is 0.327 e. The molecule has 1 aliphatic heterocycles. The number of amides is 3. The van der Waals surface area contributed by atoms with Crippen molar-refractivity contribution >= 4 is 60.1 Å². The van der Waals surface area contributed by atoms with E-state index >= 15 is 0 Å². The molecule has 33 heavy (non-hydrogen) atoms. The summed E-state index contributed by atoms with van der Waals surface area (Å²) in [6, 6.07) is 10.4. The standard InChI is InChI=1S/C22H23ClN4O4S2/c23-17-4-2-1-3-16(17)20(28)26-21(29)27-22-25-18-6-5-15(13-19(18)32-22)33(30,31)12-9-14-7-10-24-11-8-14/h1-6,13-14,24H,7-12H2,(H2,25,26,27,28,29). The van der Waals surface area contributed by atoms with Gasteiger partial charge in [-0.05, 0) is 68.6 Å². The predicted molar refractivity (Wildman–Crippen MR) is 130 cm³/mol. The van der Waals surface area contributed by atoms with E-state index in [-0.39, 0.29) is 26.4 Å². The molecule has 1 fully saturated rings. The monoisotopic (exact) mass is 506 g/mol. The maximum Gasteiger partial charge on any atom is 0.327 e. The van der Waals surface area contributed by atoms with Crippen LogP contribution in [0.15, 0.2) is 47.4 Å². The number of anilines is 1. The molecule has 0 spiro atoms. The first-order valence-electron chi connectivity index (χ1n) is 10.5. The maximum absolute atomic E-state index is 12.8. The normalized spacial score (nSPS) is 14.8. The molecule has 1 aliphatic rings. The Morgan fingerprint density at radius 1 is 1.15 bits per heavy atom. The molecule has 8 nitrogen and oxygen atoms in total. The van der Waals surface area contributed by atoms with Crippen molar-refractivity contribution in [2.24, 2.45) is 5.92 Å². The topological polar surface area (TPSA) is 117 Å². The third-order valence-corrected chi connectivity index (χ3v) is 8.55. The summed E-state index contributed by atoms with van der Waals surface area (Å²) in [5.74, 6) is -0.100. The summed E-state index contributed by atoms with van der Waals surface area (Å²) in [4.78, 5) is 29.0. The van der Waals surface area contributed by atoms with Gasteiger partial charge in [-0.15, -0.1) is 0 Å². The lowest BCUT2D eigenvalue weighted by atomic mass is 9.96. The number of urea groups is 1. The molecular formula is C22H23ClN4O4S2. The summed E-state index contributed by atoms with van der Waals surface area (Å²) in [6.07, 6.45) is 2.65. The lowest BCUT2D eigenvalue weighted by Crippen LogP contribution is -2.34. The van der Waals surface area contributed by atoms with Crippen LogP contribution in [0.5, 0.6) is 0 Å². The zero-order valence-electron chi connectivity index (χ0n) is 17.6. The summed E-state index contributed by atoms with van der Waals surface area (Å²) < 4.78 is 26.3. The van der Waals surface area contributed by atoms with E-state index in [1.54, 1.807) is 36.4 Å².